The van der Waals surface area contributed by atoms with Crippen LogP contribution in [-0.2, 0) is 19.4 Å². The summed E-state index contributed by atoms with van der Waals surface area (Å²) in [5.41, 5.74) is 0.830. The highest BCUT2D eigenvalue weighted by molar-refractivity contribution is 6.74. The van der Waals surface area contributed by atoms with E-state index in [-0.39, 0.29) is 16.8 Å². The lowest BCUT2D eigenvalue weighted by molar-refractivity contribution is -0.146. The molecule has 1 aliphatic heterocycles. The maximum atomic E-state index is 12.6. The van der Waals surface area contributed by atoms with E-state index in [9.17, 15) is 9.59 Å². The van der Waals surface area contributed by atoms with Crippen molar-refractivity contribution in [3.05, 3.63) is 35.4 Å². The summed E-state index contributed by atoms with van der Waals surface area (Å²) in [6.45, 7) is 18.2. The summed E-state index contributed by atoms with van der Waals surface area (Å²) in [4.78, 5) is 27.1. The fourth-order valence-electron chi connectivity index (χ4n) is 3.90. The number of esters is 1. The second kappa shape index (κ2) is 10.6. The van der Waals surface area contributed by atoms with Crippen LogP contribution in [-0.4, -0.2) is 57.8 Å². The maximum absolute atomic E-state index is 12.6. The van der Waals surface area contributed by atoms with Crippen molar-refractivity contribution in [2.24, 2.45) is 0 Å². The number of benzene rings is 1. The van der Waals surface area contributed by atoms with Crippen molar-refractivity contribution in [3.8, 4) is 0 Å². The number of carbonyl (C=O) groups excluding carboxylic acids is 2. The van der Waals surface area contributed by atoms with Crippen LogP contribution in [0.4, 0.5) is 0 Å². The first-order valence-electron chi connectivity index (χ1n) is 11.9. The molecule has 1 aromatic rings. The van der Waals surface area contributed by atoms with E-state index < -0.39 is 13.7 Å². The highest BCUT2D eigenvalue weighted by Gasteiger charge is 2.39. The number of piperidine rings is 1. The molecule has 0 saturated carbocycles. The summed E-state index contributed by atoms with van der Waals surface area (Å²) >= 11 is 0. The second-order valence-electron chi connectivity index (χ2n) is 11.1. The van der Waals surface area contributed by atoms with Gasteiger partial charge in [-0.05, 0) is 63.4 Å². The van der Waals surface area contributed by atoms with Crippen LogP contribution in [0, 0.1) is 0 Å². The van der Waals surface area contributed by atoms with E-state index in [1.165, 1.54) is 7.11 Å². The van der Waals surface area contributed by atoms with Gasteiger partial charge in [0.2, 0.25) is 0 Å². The van der Waals surface area contributed by atoms with Crippen LogP contribution < -0.4 is 0 Å². The minimum Gasteiger partial charge on any atom is -0.468 e. The Morgan fingerprint density at radius 2 is 1.59 bits per heavy atom. The highest BCUT2D eigenvalue weighted by Crippen LogP contribution is 2.38. The molecule has 5 nitrogen and oxygen atoms in total. The number of carbonyl (C=O) groups is 2. The first kappa shape index (κ1) is 26.7. The van der Waals surface area contributed by atoms with Gasteiger partial charge in [0.25, 0.3) is 0 Å². The van der Waals surface area contributed by atoms with Crippen molar-refractivity contribution in [1.29, 1.82) is 0 Å². The maximum Gasteiger partial charge on any atom is 0.315 e. The van der Waals surface area contributed by atoms with E-state index in [4.69, 9.17) is 9.16 Å². The SMILES string of the molecule is COC(=O)C(C)(C)c1ccc(C(=O)CCCN2CCC(O[Si](C)(C)C(C)(C)C)CC2)cc1. The number of ketones is 1. The normalized spacial score (nSPS) is 16.8. The third-order valence-electron chi connectivity index (χ3n) is 7.30. The standard InChI is InChI=1S/C26H43NO4Si/c1-25(2,3)32(7,8)31-22-15-18-27(19-16-22)17-9-10-23(28)20-11-13-21(14-12-20)26(4,5)24(29)30-6/h11-14,22H,9-10,15-19H2,1-8H3. The predicted molar refractivity (Wildman–Crippen MR) is 133 cm³/mol. The molecule has 1 aromatic carbocycles. The lowest BCUT2D eigenvalue weighted by atomic mass is 9.84. The van der Waals surface area contributed by atoms with Crippen LogP contribution in [0.3, 0.4) is 0 Å². The summed E-state index contributed by atoms with van der Waals surface area (Å²) < 4.78 is 11.5. The first-order chi connectivity index (χ1) is 14.8. The molecule has 0 N–H and O–H groups in total. The van der Waals surface area contributed by atoms with Gasteiger partial charge in [-0.3, -0.25) is 9.59 Å². The summed E-state index contributed by atoms with van der Waals surface area (Å²) in [6.07, 6.45) is 3.94. The minimum absolute atomic E-state index is 0.156. The Morgan fingerprint density at radius 1 is 1.03 bits per heavy atom. The third-order valence-corrected chi connectivity index (χ3v) is 11.8. The number of methoxy groups -OCH3 is 1. The van der Waals surface area contributed by atoms with E-state index >= 15 is 0 Å². The van der Waals surface area contributed by atoms with Gasteiger partial charge in [0.05, 0.1) is 12.5 Å². The van der Waals surface area contributed by atoms with Gasteiger partial charge in [-0.1, -0.05) is 45.0 Å². The van der Waals surface area contributed by atoms with E-state index in [0.29, 0.717) is 18.1 Å². The third kappa shape index (κ3) is 6.75. The summed E-state index contributed by atoms with van der Waals surface area (Å²) in [7, 11) is -0.311. The molecule has 0 aliphatic carbocycles. The lowest BCUT2D eigenvalue weighted by Crippen LogP contribution is -2.47. The molecule has 0 spiro atoms. The number of nitrogens with zero attached hydrogens (tertiary/aromatic N) is 1. The second-order valence-corrected chi connectivity index (χ2v) is 15.9. The Morgan fingerprint density at radius 3 is 2.09 bits per heavy atom. The van der Waals surface area contributed by atoms with Crippen molar-refractivity contribution in [3.63, 3.8) is 0 Å². The highest BCUT2D eigenvalue weighted by atomic mass is 28.4. The van der Waals surface area contributed by atoms with Crippen molar-refractivity contribution in [2.75, 3.05) is 26.7 Å². The molecular formula is C26H43NO4Si. The largest absolute Gasteiger partial charge is 0.468 e. The van der Waals surface area contributed by atoms with Crippen LogP contribution in [0.15, 0.2) is 24.3 Å². The summed E-state index contributed by atoms with van der Waals surface area (Å²) in [5, 5.41) is 0.248. The van der Waals surface area contributed by atoms with Crippen LogP contribution in [0.25, 0.3) is 0 Å². The van der Waals surface area contributed by atoms with Gasteiger partial charge in [0.15, 0.2) is 14.1 Å². The number of ether oxygens (including phenoxy) is 1. The Bertz CT molecular complexity index is 772. The summed E-state index contributed by atoms with van der Waals surface area (Å²) in [5.74, 6) is -0.126. The molecule has 1 saturated heterocycles. The number of rotatable bonds is 9. The van der Waals surface area contributed by atoms with Gasteiger partial charge >= 0.3 is 5.97 Å². The Balaban J connectivity index is 1.77. The van der Waals surface area contributed by atoms with E-state index in [2.05, 4.69) is 38.8 Å². The number of hydrogen-bond donors (Lipinski definition) is 0. The van der Waals surface area contributed by atoms with Gasteiger partial charge in [-0.2, -0.15) is 0 Å². The van der Waals surface area contributed by atoms with Crippen LogP contribution in [0.1, 0.15) is 76.2 Å². The summed E-state index contributed by atoms with van der Waals surface area (Å²) in [6, 6.07) is 7.37. The molecular weight excluding hydrogens is 418 g/mol. The molecule has 0 amide bonds. The Kier molecular flexibility index (Phi) is 8.87. The number of likely N-dealkylation sites (tertiary alicyclic amines) is 1. The van der Waals surface area contributed by atoms with E-state index in [1.807, 2.05) is 38.1 Å². The van der Waals surface area contributed by atoms with Crippen LogP contribution in [0.2, 0.25) is 18.1 Å². The molecule has 0 unspecified atom stereocenters. The molecule has 0 atom stereocenters. The van der Waals surface area contributed by atoms with E-state index in [0.717, 1.165) is 44.5 Å². The molecule has 180 valence electrons. The van der Waals surface area contributed by atoms with Gasteiger partial charge < -0.3 is 14.1 Å². The number of hydrogen-bond acceptors (Lipinski definition) is 5. The van der Waals surface area contributed by atoms with Gasteiger partial charge in [0.1, 0.15) is 0 Å². The van der Waals surface area contributed by atoms with Gasteiger partial charge in [-0.25, -0.2) is 0 Å². The molecule has 6 heteroatoms. The average Bonchev–Trinajstić information content (AvgIpc) is 2.73. The zero-order valence-corrected chi connectivity index (χ0v) is 22.4. The zero-order chi connectivity index (χ0) is 24.2. The minimum atomic E-state index is -1.71. The van der Waals surface area contributed by atoms with Crippen molar-refractivity contribution >= 4 is 20.1 Å². The molecule has 32 heavy (non-hydrogen) atoms. The first-order valence-corrected chi connectivity index (χ1v) is 14.8. The Labute approximate surface area is 196 Å². The number of Topliss-reactive ketones (excluding diaryl/α,β-unsaturated/α-hetero) is 1. The molecule has 2 rings (SSSR count). The van der Waals surface area contributed by atoms with Crippen molar-refractivity contribution < 1.29 is 18.8 Å². The molecule has 1 fully saturated rings. The topological polar surface area (TPSA) is 55.8 Å². The van der Waals surface area contributed by atoms with E-state index in [1.54, 1.807) is 0 Å². The fourth-order valence-corrected chi connectivity index (χ4v) is 5.32. The molecule has 0 bridgehead atoms. The van der Waals surface area contributed by atoms with Crippen molar-refractivity contribution in [1.82, 2.24) is 4.90 Å². The van der Waals surface area contributed by atoms with Crippen LogP contribution in [0.5, 0.6) is 0 Å². The molecule has 0 radical (unpaired) electrons. The monoisotopic (exact) mass is 461 g/mol. The molecule has 1 aliphatic rings. The van der Waals surface area contributed by atoms with Crippen molar-refractivity contribution in [2.45, 2.75) is 90.0 Å². The molecule has 1 heterocycles. The molecule has 0 aromatic heterocycles. The quantitative estimate of drug-likeness (QED) is 0.273. The van der Waals surface area contributed by atoms with Gasteiger partial charge in [-0.15, -0.1) is 0 Å². The smallest absolute Gasteiger partial charge is 0.315 e. The zero-order valence-electron chi connectivity index (χ0n) is 21.4. The van der Waals surface area contributed by atoms with Crippen LogP contribution >= 0.6 is 0 Å². The average molecular weight is 462 g/mol. The fraction of sp³-hybridized carbons (Fsp3) is 0.692. The lowest BCUT2D eigenvalue weighted by Gasteiger charge is -2.42. The Hall–Kier alpha value is -1.50. The van der Waals surface area contributed by atoms with Gasteiger partial charge in [0, 0.05) is 31.2 Å². The predicted octanol–water partition coefficient (Wildman–Crippen LogP) is 5.59.